The van der Waals surface area contributed by atoms with Crippen molar-refractivity contribution in [2.45, 2.75) is 13.5 Å². The Kier molecular flexibility index (Phi) is 5.08. The van der Waals surface area contributed by atoms with Crippen molar-refractivity contribution in [3.05, 3.63) is 59.2 Å². The van der Waals surface area contributed by atoms with Gasteiger partial charge in [-0.2, -0.15) is 0 Å². The van der Waals surface area contributed by atoms with Crippen molar-refractivity contribution >= 4 is 27.4 Å². The lowest BCUT2D eigenvalue weighted by molar-refractivity contribution is 0.354. The number of methoxy groups -OCH3 is 2. The van der Waals surface area contributed by atoms with E-state index in [1.54, 1.807) is 38.0 Å². The molecule has 0 aliphatic carbocycles. The zero-order valence-electron chi connectivity index (χ0n) is 15.9. The van der Waals surface area contributed by atoms with E-state index in [0.717, 1.165) is 32.7 Å². The standard InChI is InChI=1S/C21H20N4O2S/c1-13-12-28-21-18(13)20(24-19(25-21)15-6-8-22-9-7-15)23-11-14-4-5-16(26-2)17(10-14)27-3/h4-10,12H,11H2,1-3H3,(H,23,24,25). The third-order valence-corrected chi connectivity index (χ3v) is 5.45. The SMILES string of the molecule is COc1ccc(CNc2nc(-c3ccncc3)nc3scc(C)c23)cc1OC. The maximum absolute atomic E-state index is 5.40. The number of benzene rings is 1. The Balaban J connectivity index is 1.69. The summed E-state index contributed by atoms with van der Waals surface area (Å²) in [4.78, 5) is 14.6. The number of nitrogens with zero attached hydrogens (tertiary/aromatic N) is 3. The lowest BCUT2D eigenvalue weighted by atomic mass is 10.2. The topological polar surface area (TPSA) is 69.2 Å². The predicted molar refractivity (Wildman–Crippen MR) is 112 cm³/mol. The van der Waals surface area contributed by atoms with Gasteiger partial charge in [-0.05, 0) is 47.7 Å². The first-order valence-corrected chi connectivity index (χ1v) is 9.68. The number of fused-ring (bicyclic) bond motifs is 1. The van der Waals surface area contributed by atoms with Crippen LogP contribution in [0.3, 0.4) is 0 Å². The molecule has 0 aliphatic heterocycles. The first kappa shape index (κ1) is 18.2. The van der Waals surface area contributed by atoms with Gasteiger partial charge in [0.25, 0.3) is 0 Å². The Morgan fingerprint density at radius 1 is 1.00 bits per heavy atom. The van der Waals surface area contributed by atoms with Crippen LogP contribution in [0.25, 0.3) is 21.6 Å². The van der Waals surface area contributed by atoms with Gasteiger partial charge in [0, 0.05) is 24.5 Å². The first-order valence-electron chi connectivity index (χ1n) is 8.80. The predicted octanol–water partition coefficient (Wildman–Crippen LogP) is 4.69. The highest BCUT2D eigenvalue weighted by atomic mass is 32.1. The summed E-state index contributed by atoms with van der Waals surface area (Å²) in [5, 5.41) is 6.64. The zero-order chi connectivity index (χ0) is 19.5. The Hall–Kier alpha value is -3.19. The van der Waals surface area contributed by atoms with Gasteiger partial charge in [0.2, 0.25) is 0 Å². The van der Waals surface area contributed by atoms with E-state index in [0.29, 0.717) is 23.9 Å². The van der Waals surface area contributed by atoms with E-state index in [1.807, 2.05) is 30.3 Å². The Morgan fingerprint density at radius 2 is 1.79 bits per heavy atom. The van der Waals surface area contributed by atoms with Crippen LogP contribution in [0.2, 0.25) is 0 Å². The third kappa shape index (κ3) is 3.48. The molecule has 0 unspecified atom stereocenters. The second kappa shape index (κ2) is 7.82. The van der Waals surface area contributed by atoms with Gasteiger partial charge < -0.3 is 14.8 Å². The van der Waals surface area contributed by atoms with Crippen LogP contribution in [-0.2, 0) is 6.54 Å². The van der Waals surface area contributed by atoms with Gasteiger partial charge in [-0.15, -0.1) is 11.3 Å². The molecule has 28 heavy (non-hydrogen) atoms. The van der Waals surface area contributed by atoms with Crippen LogP contribution in [0, 0.1) is 6.92 Å². The molecule has 4 rings (SSSR count). The zero-order valence-corrected chi connectivity index (χ0v) is 16.7. The first-order chi connectivity index (χ1) is 13.7. The molecule has 0 spiro atoms. The summed E-state index contributed by atoms with van der Waals surface area (Å²) in [5.41, 5.74) is 3.18. The van der Waals surface area contributed by atoms with Gasteiger partial charge >= 0.3 is 0 Å². The average Bonchev–Trinajstić information content (AvgIpc) is 3.13. The fraction of sp³-hybridized carbons (Fsp3) is 0.190. The van der Waals surface area contributed by atoms with Crippen LogP contribution in [0.1, 0.15) is 11.1 Å². The van der Waals surface area contributed by atoms with Crippen molar-refractivity contribution in [2.75, 3.05) is 19.5 Å². The molecule has 6 nitrogen and oxygen atoms in total. The second-order valence-corrected chi connectivity index (χ2v) is 7.13. The van der Waals surface area contributed by atoms with E-state index in [-0.39, 0.29) is 0 Å². The molecule has 0 fully saturated rings. The number of rotatable bonds is 6. The lowest BCUT2D eigenvalue weighted by Gasteiger charge is -2.12. The number of thiophene rings is 1. The average molecular weight is 392 g/mol. The minimum Gasteiger partial charge on any atom is -0.493 e. The van der Waals surface area contributed by atoms with Crippen LogP contribution in [0.5, 0.6) is 11.5 Å². The number of aromatic nitrogens is 3. The molecular formula is C21H20N4O2S. The van der Waals surface area contributed by atoms with Crippen LogP contribution in [0.4, 0.5) is 5.82 Å². The normalized spacial score (nSPS) is 10.8. The number of aryl methyl sites for hydroxylation is 1. The van der Waals surface area contributed by atoms with Crippen molar-refractivity contribution in [1.29, 1.82) is 0 Å². The maximum Gasteiger partial charge on any atom is 0.163 e. The molecule has 0 bridgehead atoms. The molecule has 142 valence electrons. The molecule has 3 heterocycles. The highest BCUT2D eigenvalue weighted by Gasteiger charge is 2.13. The molecule has 3 aromatic heterocycles. The van der Waals surface area contributed by atoms with Gasteiger partial charge in [0.1, 0.15) is 10.6 Å². The summed E-state index contributed by atoms with van der Waals surface area (Å²) in [6.45, 7) is 2.69. The second-order valence-electron chi connectivity index (χ2n) is 6.27. The van der Waals surface area contributed by atoms with Crippen molar-refractivity contribution in [3.8, 4) is 22.9 Å². The highest BCUT2D eigenvalue weighted by molar-refractivity contribution is 7.17. The smallest absolute Gasteiger partial charge is 0.163 e. The van der Waals surface area contributed by atoms with Gasteiger partial charge in [0.15, 0.2) is 17.3 Å². The monoisotopic (exact) mass is 392 g/mol. The summed E-state index contributed by atoms with van der Waals surface area (Å²) >= 11 is 1.63. The summed E-state index contributed by atoms with van der Waals surface area (Å²) in [6.07, 6.45) is 3.50. The van der Waals surface area contributed by atoms with Gasteiger partial charge in [0.05, 0.1) is 19.6 Å². The number of pyridine rings is 1. The number of hydrogen-bond acceptors (Lipinski definition) is 7. The van der Waals surface area contributed by atoms with Crippen molar-refractivity contribution in [1.82, 2.24) is 15.0 Å². The molecule has 1 aromatic carbocycles. The van der Waals surface area contributed by atoms with E-state index in [9.17, 15) is 0 Å². The Labute approximate surface area is 167 Å². The quantitative estimate of drug-likeness (QED) is 0.513. The molecule has 0 saturated heterocycles. The van der Waals surface area contributed by atoms with E-state index >= 15 is 0 Å². The van der Waals surface area contributed by atoms with Crippen molar-refractivity contribution in [2.24, 2.45) is 0 Å². The van der Waals surface area contributed by atoms with Crippen LogP contribution in [0.15, 0.2) is 48.1 Å². The summed E-state index contributed by atoms with van der Waals surface area (Å²) in [5.74, 6) is 2.93. The van der Waals surface area contributed by atoms with Crippen LogP contribution >= 0.6 is 11.3 Å². The minimum atomic E-state index is 0.609. The molecule has 7 heteroatoms. The van der Waals surface area contributed by atoms with Gasteiger partial charge in [-0.25, -0.2) is 9.97 Å². The van der Waals surface area contributed by atoms with Crippen molar-refractivity contribution < 1.29 is 9.47 Å². The Bertz CT molecular complexity index is 1110. The molecule has 0 atom stereocenters. The molecule has 4 aromatic rings. The fourth-order valence-electron chi connectivity index (χ4n) is 3.02. The Morgan fingerprint density at radius 3 is 2.54 bits per heavy atom. The third-order valence-electron chi connectivity index (χ3n) is 4.46. The lowest BCUT2D eigenvalue weighted by Crippen LogP contribution is -2.04. The minimum absolute atomic E-state index is 0.609. The summed E-state index contributed by atoms with van der Waals surface area (Å²) < 4.78 is 10.7. The molecule has 0 amide bonds. The molecular weight excluding hydrogens is 372 g/mol. The molecule has 0 radical (unpaired) electrons. The number of ether oxygens (including phenoxy) is 2. The summed E-state index contributed by atoms with van der Waals surface area (Å²) in [7, 11) is 3.27. The highest BCUT2D eigenvalue weighted by Crippen LogP contribution is 2.32. The number of anilines is 1. The van der Waals surface area contributed by atoms with Gasteiger partial charge in [-0.1, -0.05) is 6.07 Å². The largest absolute Gasteiger partial charge is 0.493 e. The van der Waals surface area contributed by atoms with E-state index in [2.05, 4.69) is 22.6 Å². The van der Waals surface area contributed by atoms with E-state index in [1.165, 1.54) is 0 Å². The summed E-state index contributed by atoms with van der Waals surface area (Å²) in [6, 6.07) is 9.72. The fourth-order valence-corrected chi connectivity index (χ4v) is 3.94. The van der Waals surface area contributed by atoms with Crippen molar-refractivity contribution in [3.63, 3.8) is 0 Å². The molecule has 0 aliphatic rings. The van der Waals surface area contributed by atoms with Gasteiger partial charge in [-0.3, -0.25) is 4.98 Å². The van der Waals surface area contributed by atoms with Crippen LogP contribution < -0.4 is 14.8 Å². The molecule has 1 N–H and O–H groups in total. The van der Waals surface area contributed by atoms with E-state index < -0.39 is 0 Å². The van der Waals surface area contributed by atoms with E-state index in [4.69, 9.17) is 19.4 Å². The maximum atomic E-state index is 5.40. The number of hydrogen-bond donors (Lipinski definition) is 1. The number of nitrogens with one attached hydrogen (secondary N) is 1. The molecule has 0 saturated carbocycles. The van der Waals surface area contributed by atoms with Crippen LogP contribution in [-0.4, -0.2) is 29.2 Å².